The van der Waals surface area contributed by atoms with Crippen LogP contribution in [0.5, 0.6) is 0 Å². The number of thioether (sulfide) groups is 1. The van der Waals surface area contributed by atoms with Crippen molar-refractivity contribution in [1.29, 1.82) is 0 Å². The molecule has 1 aromatic heterocycles. The Balaban J connectivity index is 2.69. The summed E-state index contributed by atoms with van der Waals surface area (Å²) < 4.78 is 0. The third-order valence-electron chi connectivity index (χ3n) is 0.900. The first-order valence-corrected chi connectivity index (χ1v) is 4.28. The molecule has 0 saturated heterocycles. The number of halogens is 1. The molecule has 0 N–H and O–H groups in total. The highest BCUT2D eigenvalue weighted by Crippen LogP contribution is 2.22. The maximum atomic E-state index is 5.74. The number of aromatic nitrogens is 3. The summed E-state index contributed by atoms with van der Waals surface area (Å²) in [5.74, 6) is 0.776. The van der Waals surface area contributed by atoms with Crippen molar-refractivity contribution in [2.24, 2.45) is 0 Å². The molecule has 0 aliphatic carbocycles. The lowest BCUT2D eigenvalue weighted by Crippen LogP contribution is -1.89. The molecule has 0 aliphatic heterocycles. The van der Waals surface area contributed by atoms with Gasteiger partial charge in [-0.05, 0) is 5.21 Å². The van der Waals surface area contributed by atoms with Crippen LogP contribution in [0.4, 0.5) is 0 Å². The van der Waals surface area contributed by atoms with Gasteiger partial charge in [0.2, 0.25) is 0 Å². The first-order chi connectivity index (χ1) is 5.34. The van der Waals surface area contributed by atoms with E-state index in [1.165, 1.54) is 18.0 Å². The average molecular weight is 188 g/mol. The van der Waals surface area contributed by atoms with E-state index >= 15 is 0 Å². The van der Waals surface area contributed by atoms with Crippen LogP contribution in [-0.4, -0.2) is 21.2 Å². The Labute approximate surface area is 73.9 Å². The predicted octanol–water partition coefficient (Wildman–Crippen LogP) is 1.80. The molecule has 0 unspecified atom stereocenters. The van der Waals surface area contributed by atoms with Crippen LogP contribution in [0.25, 0.3) is 0 Å². The Morgan fingerprint density at radius 3 is 3.18 bits per heavy atom. The molecule has 0 spiro atoms. The summed E-state index contributed by atoms with van der Waals surface area (Å²) >= 11 is 7.22. The summed E-state index contributed by atoms with van der Waals surface area (Å²) in [7, 11) is 0. The third-order valence-corrected chi connectivity index (χ3v) is 2.27. The van der Waals surface area contributed by atoms with Gasteiger partial charge in [-0.25, -0.2) is 0 Å². The fraction of sp³-hybridized carbons (Fsp3) is 0.167. The SMILES string of the molecule is C=CCSc1nnncc1Cl. The number of hydrogen-bond donors (Lipinski definition) is 0. The molecule has 1 rings (SSSR count). The summed E-state index contributed by atoms with van der Waals surface area (Å²) in [6.45, 7) is 3.58. The largest absolute Gasteiger partial charge is 0.141 e. The Morgan fingerprint density at radius 2 is 2.55 bits per heavy atom. The van der Waals surface area contributed by atoms with E-state index in [0.717, 1.165) is 5.75 Å². The highest BCUT2D eigenvalue weighted by molar-refractivity contribution is 7.99. The van der Waals surface area contributed by atoms with E-state index in [2.05, 4.69) is 22.0 Å². The summed E-state index contributed by atoms with van der Waals surface area (Å²) in [5.41, 5.74) is 0. The van der Waals surface area contributed by atoms with Crippen molar-refractivity contribution in [2.45, 2.75) is 5.03 Å². The van der Waals surface area contributed by atoms with Crippen LogP contribution in [0, 0.1) is 0 Å². The van der Waals surface area contributed by atoms with E-state index in [0.29, 0.717) is 10.0 Å². The van der Waals surface area contributed by atoms with E-state index < -0.39 is 0 Å². The molecule has 58 valence electrons. The van der Waals surface area contributed by atoms with Gasteiger partial charge in [-0.2, -0.15) is 0 Å². The molecular weight excluding hydrogens is 182 g/mol. The first kappa shape index (κ1) is 8.49. The maximum absolute atomic E-state index is 5.74. The molecular formula is C6H6ClN3S. The molecule has 11 heavy (non-hydrogen) atoms. The molecule has 0 radical (unpaired) electrons. The summed E-state index contributed by atoms with van der Waals surface area (Å²) in [4.78, 5) is 0. The van der Waals surface area contributed by atoms with E-state index in [4.69, 9.17) is 11.6 Å². The van der Waals surface area contributed by atoms with Crippen molar-refractivity contribution in [3.05, 3.63) is 23.9 Å². The highest BCUT2D eigenvalue weighted by atomic mass is 35.5. The molecule has 0 saturated carbocycles. The van der Waals surface area contributed by atoms with E-state index in [9.17, 15) is 0 Å². The fourth-order valence-corrected chi connectivity index (χ4v) is 1.29. The van der Waals surface area contributed by atoms with Crippen molar-refractivity contribution in [2.75, 3.05) is 5.75 Å². The number of nitrogens with zero attached hydrogens (tertiary/aromatic N) is 3. The minimum absolute atomic E-state index is 0.534. The minimum atomic E-state index is 0.534. The number of hydrogen-bond acceptors (Lipinski definition) is 4. The minimum Gasteiger partial charge on any atom is -0.137 e. The normalized spacial score (nSPS) is 9.55. The highest BCUT2D eigenvalue weighted by Gasteiger charge is 2.00. The van der Waals surface area contributed by atoms with Gasteiger partial charge in [-0.15, -0.1) is 16.8 Å². The molecule has 5 heteroatoms. The Kier molecular flexibility index (Phi) is 3.32. The second-order valence-corrected chi connectivity index (χ2v) is 3.10. The molecule has 3 nitrogen and oxygen atoms in total. The molecule has 0 aliphatic rings. The van der Waals surface area contributed by atoms with Crippen LogP contribution in [0.2, 0.25) is 5.02 Å². The molecule has 1 aromatic rings. The van der Waals surface area contributed by atoms with Gasteiger partial charge in [0.1, 0.15) is 5.03 Å². The molecule has 0 fully saturated rings. The van der Waals surface area contributed by atoms with Gasteiger partial charge < -0.3 is 0 Å². The molecule has 0 amide bonds. The van der Waals surface area contributed by atoms with Crippen molar-refractivity contribution in [1.82, 2.24) is 15.4 Å². The Bertz CT molecular complexity index is 253. The van der Waals surface area contributed by atoms with Crippen molar-refractivity contribution in [3.8, 4) is 0 Å². The molecule has 0 bridgehead atoms. The van der Waals surface area contributed by atoms with Crippen LogP contribution in [0.3, 0.4) is 0 Å². The topological polar surface area (TPSA) is 38.7 Å². The van der Waals surface area contributed by atoms with E-state index in [-0.39, 0.29) is 0 Å². The molecule has 0 aromatic carbocycles. The summed E-state index contributed by atoms with van der Waals surface area (Å²) in [6, 6.07) is 0. The van der Waals surface area contributed by atoms with Gasteiger partial charge in [0.15, 0.2) is 0 Å². The van der Waals surface area contributed by atoms with Gasteiger partial charge in [0, 0.05) is 5.75 Å². The lowest BCUT2D eigenvalue weighted by molar-refractivity contribution is 0.805. The van der Waals surface area contributed by atoms with Crippen LogP contribution in [0.15, 0.2) is 23.9 Å². The smallest absolute Gasteiger partial charge is 0.137 e. The number of rotatable bonds is 3. The first-order valence-electron chi connectivity index (χ1n) is 2.92. The maximum Gasteiger partial charge on any atom is 0.141 e. The van der Waals surface area contributed by atoms with Crippen LogP contribution in [-0.2, 0) is 0 Å². The zero-order chi connectivity index (χ0) is 8.10. The zero-order valence-electron chi connectivity index (χ0n) is 5.70. The van der Waals surface area contributed by atoms with Gasteiger partial charge in [0.05, 0.1) is 11.2 Å². The monoisotopic (exact) mass is 187 g/mol. The average Bonchev–Trinajstić information content (AvgIpc) is 2.03. The Hall–Kier alpha value is -0.610. The van der Waals surface area contributed by atoms with Gasteiger partial charge >= 0.3 is 0 Å². The quantitative estimate of drug-likeness (QED) is 0.535. The standard InChI is InChI=1S/C6H6ClN3S/c1-2-3-11-6-5(7)4-8-10-9-6/h2,4H,1,3H2. The lowest BCUT2D eigenvalue weighted by atomic mass is 10.7. The van der Waals surface area contributed by atoms with Crippen LogP contribution in [0.1, 0.15) is 0 Å². The van der Waals surface area contributed by atoms with E-state index in [1.807, 2.05) is 0 Å². The second-order valence-electron chi connectivity index (χ2n) is 1.69. The summed E-state index contributed by atoms with van der Waals surface area (Å²) in [5, 5.41) is 11.9. The molecule has 0 atom stereocenters. The van der Waals surface area contributed by atoms with Gasteiger partial charge in [-0.1, -0.05) is 29.4 Å². The van der Waals surface area contributed by atoms with Crippen LogP contribution < -0.4 is 0 Å². The van der Waals surface area contributed by atoms with Gasteiger partial charge in [0.25, 0.3) is 0 Å². The summed E-state index contributed by atoms with van der Waals surface area (Å²) in [6.07, 6.45) is 3.25. The van der Waals surface area contributed by atoms with Gasteiger partial charge in [-0.3, -0.25) is 0 Å². The van der Waals surface area contributed by atoms with E-state index in [1.54, 1.807) is 6.08 Å². The van der Waals surface area contributed by atoms with Crippen molar-refractivity contribution < 1.29 is 0 Å². The fourth-order valence-electron chi connectivity index (χ4n) is 0.482. The molecule has 1 heterocycles. The zero-order valence-corrected chi connectivity index (χ0v) is 7.27. The third kappa shape index (κ3) is 2.48. The Morgan fingerprint density at radius 1 is 1.73 bits per heavy atom. The second kappa shape index (κ2) is 4.31. The lowest BCUT2D eigenvalue weighted by Gasteiger charge is -1.95. The predicted molar refractivity (Wildman–Crippen MR) is 45.8 cm³/mol. The van der Waals surface area contributed by atoms with Crippen molar-refractivity contribution >= 4 is 23.4 Å². The van der Waals surface area contributed by atoms with Crippen LogP contribution >= 0.6 is 23.4 Å². The van der Waals surface area contributed by atoms with Crippen molar-refractivity contribution in [3.63, 3.8) is 0 Å².